The Bertz CT molecular complexity index is 4510. The number of aliphatic hydroxyl groups is 4. The molecule has 20 saturated carbocycles. The molecule has 20 aliphatic carbocycles. The molecule has 0 aromatic rings. The fourth-order valence-electron chi connectivity index (χ4n) is 30.5. The van der Waals surface area contributed by atoms with E-state index >= 15 is 0 Å². The van der Waals surface area contributed by atoms with Crippen LogP contribution in [0.3, 0.4) is 0 Å². The Morgan fingerprint density at radius 3 is 1.05 bits per heavy atom. The summed E-state index contributed by atoms with van der Waals surface area (Å²) >= 11 is 0. The van der Waals surface area contributed by atoms with Gasteiger partial charge in [0.05, 0.1) is 79.6 Å². The van der Waals surface area contributed by atoms with Gasteiger partial charge in [0.1, 0.15) is 52.9 Å². The van der Waals surface area contributed by atoms with Crippen molar-refractivity contribution < 1.29 is 140 Å². The Morgan fingerprint density at radius 2 is 0.694 bits per heavy atom. The standard InChI is InChI=1S/C19H32O2.C18H30O2.C16H26O4.C15H22O7.C15H24O4.2C13H18O4.C6H12O2/c1-6-17(2,3)16(20)21-18(4,5)19-10-13-7-14(11-19)9-15(8-13)12-19;1-5-12(2)16(19)20-17(3,4)18-9-13-6-14(10-18)8-15(7-13)11-18;1-4-13(2,3)12(17)20-16-7-11-5-14(18,9-16)8-15(19,6-11)10-16;1-6-14(2,3)13(17)20-9-7-8(18-11(9)16)10-12(19-7)22-15(4,5)21-10;1-3-10(2)12(16)19-15-6-11-4-13(17,8-15)7-14(18,5-11)9-15;2*1-3-6(2)12(14)16-10-7-4-8-9(5-7)13(15)17-11(8)10;1-4-6(2,3)5(7)8/h13-15H,6-12H2,1-5H3;12-15H,5-11H2,1-4H3;11,18-19H,4-10H2,1-3H3;7-10,12H,6H2,1-5H3;10-11,17-18H,3-9H2,1-2H3;2*6-11H,3-5H2,1-2H3;4H2,1-3H3,(H,7,8). The molecule has 0 aromatic carbocycles. The monoisotopic (exact) mass is 2030 g/mol. The van der Waals surface area contributed by atoms with E-state index in [0.29, 0.717) is 75.0 Å². The molecule has 23 unspecified atom stereocenters. The van der Waals surface area contributed by atoms with Crippen LogP contribution in [0.25, 0.3) is 0 Å². The van der Waals surface area contributed by atoms with Gasteiger partial charge in [0.25, 0.3) is 0 Å². The van der Waals surface area contributed by atoms with Crippen LogP contribution in [-0.4, -0.2) is 197 Å². The number of ether oxygens (including phenoxy) is 13. The Morgan fingerprint density at radius 1 is 0.354 bits per heavy atom. The SMILES string of the molecule is CCC(C)(C)C(=O)O.CCC(C)(C)C(=O)OC(C)(C)C12CC3CC(CC(C3)C1)C2.CCC(C)(C)C(=O)OC12CC3CC(O)(CC(O)(C3)C1)C2.CCC(C)(C)C(=O)OC1C(=O)OC2C3OC(C)(C)OC3OC12.CCC(C)C(=O)OC(C)(C)C12CC3CC(CC(C3)C1)C2.CCC(C)C(=O)OC12CC3CC(O)(CC(O)(C3)C1)C2.CCC(C)C(=O)OC1C2CC3C(=O)OC1C3C2.CCC(C)C(=O)OC1C2CC3C(=O)OC1C3C2. The minimum atomic E-state index is -1.07. The van der Waals surface area contributed by atoms with Crippen LogP contribution < -0.4 is 0 Å². The quantitative estimate of drug-likeness (QED) is 0.0418. The molecule has 0 aromatic heterocycles. The van der Waals surface area contributed by atoms with Gasteiger partial charge < -0.3 is 87.1 Å². The van der Waals surface area contributed by atoms with Crippen LogP contribution in [0.5, 0.6) is 0 Å². The number of hydrogen-bond donors (Lipinski definition) is 5. The lowest BCUT2D eigenvalue weighted by atomic mass is 9.46. The number of carbonyl (C=O) groups is 11. The molecule has 816 valence electrons. The minimum absolute atomic E-state index is 0.00763. The number of carbonyl (C=O) groups excluding carboxylic acids is 10. The predicted molar refractivity (Wildman–Crippen MR) is 531 cm³/mol. The first kappa shape index (κ1) is 113. The van der Waals surface area contributed by atoms with E-state index in [2.05, 4.69) is 41.5 Å². The zero-order valence-electron chi connectivity index (χ0n) is 92.1. The first-order chi connectivity index (χ1) is 66.8. The summed E-state index contributed by atoms with van der Waals surface area (Å²) in [6.07, 6.45) is 29.4. The van der Waals surface area contributed by atoms with Crippen molar-refractivity contribution in [2.24, 2.45) is 139 Å². The Labute approximate surface area is 856 Å². The highest BCUT2D eigenvalue weighted by Crippen LogP contribution is 2.69. The van der Waals surface area contributed by atoms with Gasteiger partial charge in [0, 0.05) is 73.0 Å². The second kappa shape index (κ2) is 41.5. The van der Waals surface area contributed by atoms with E-state index in [1.54, 1.807) is 41.5 Å². The van der Waals surface area contributed by atoms with Crippen molar-refractivity contribution in [3.63, 3.8) is 0 Å². The fraction of sp³-hybridized carbons (Fsp3) is 0.904. The van der Waals surface area contributed by atoms with Crippen molar-refractivity contribution >= 4 is 65.7 Å². The van der Waals surface area contributed by atoms with Gasteiger partial charge in [-0.3, -0.25) is 47.9 Å². The summed E-state index contributed by atoms with van der Waals surface area (Å²) in [7, 11) is 0. The van der Waals surface area contributed by atoms with Crippen LogP contribution in [0.4, 0.5) is 0 Å². The number of esters is 10. The molecular formula is C115H182O29. The van der Waals surface area contributed by atoms with Gasteiger partial charge >= 0.3 is 65.7 Å². The van der Waals surface area contributed by atoms with E-state index in [9.17, 15) is 73.2 Å². The number of carboxylic acid groups (broad SMARTS) is 1. The first-order valence-corrected chi connectivity index (χ1v) is 56.1. The maximum Gasteiger partial charge on any atom is 0.350 e. The summed E-state index contributed by atoms with van der Waals surface area (Å²) in [5.74, 6) is 3.84. The van der Waals surface area contributed by atoms with Crippen molar-refractivity contribution in [1.29, 1.82) is 0 Å². The predicted octanol–water partition coefficient (Wildman–Crippen LogP) is 19.2. The van der Waals surface area contributed by atoms with Gasteiger partial charge in [-0.15, -0.1) is 0 Å². The Kier molecular flexibility index (Phi) is 32.7. The highest BCUT2D eigenvalue weighted by molar-refractivity contribution is 5.85. The second-order valence-electron chi connectivity index (χ2n) is 54.2. The van der Waals surface area contributed by atoms with E-state index in [1.807, 2.05) is 96.9 Å². The average molecular weight is 2030 g/mol. The van der Waals surface area contributed by atoms with E-state index in [1.165, 1.54) is 77.0 Å². The molecule has 25 rings (SSSR count). The van der Waals surface area contributed by atoms with Crippen LogP contribution in [0, 0.1) is 139 Å². The van der Waals surface area contributed by atoms with Crippen molar-refractivity contribution in [2.45, 2.75) is 517 Å². The molecule has 5 N–H and O–H groups in total. The van der Waals surface area contributed by atoms with E-state index in [4.69, 9.17) is 66.7 Å². The molecule has 25 aliphatic rings. The fourth-order valence-corrected chi connectivity index (χ4v) is 30.5. The maximum absolute atomic E-state index is 12.6. The Hall–Kier alpha value is -6.11. The van der Waals surface area contributed by atoms with Crippen molar-refractivity contribution in [2.75, 3.05) is 0 Å². The van der Waals surface area contributed by atoms with Crippen LogP contribution >= 0.6 is 0 Å². The zero-order valence-corrected chi connectivity index (χ0v) is 92.1. The number of fused-ring (bicyclic) bond motifs is 5. The lowest BCUT2D eigenvalue weighted by molar-refractivity contribution is -0.265. The normalized spacial score (nSPS) is 41.2. The lowest BCUT2D eigenvalue weighted by Crippen LogP contribution is -2.67. The largest absolute Gasteiger partial charge is 0.481 e. The maximum atomic E-state index is 12.6. The van der Waals surface area contributed by atoms with E-state index < -0.39 is 104 Å². The summed E-state index contributed by atoms with van der Waals surface area (Å²) in [5, 5.41) is 50.9. The molecule has 25 fully saturated rings. The molecule has 0 amide bonds. The Balaban J connectivity index is 0.000000132. The molecule has 29 heteroatoms. The van der Waals surface area contributed by atoms with Crippen LogP contribution in [0.15, 0.2) is 0 Å². The molecule has 20 bridgehead atoms. The summed E-state index contributed by atoms with van der Waals surface area (Å²) in [4.78, 5) is 130. The van der Waals surface area contributed by atoms with Crippen molar-refractivity contribution in [3.05, 3.63) is 0 Å². The first-order valence-electron chi connectivity index (χ1n) is 56.1. The van der Waals surface area contributed by atoms with Crippen molar-refractivity contribution in [1.82, 2.24) is 0 Å². The molecule has 144 heavy (non-hydrogen) atoms. The smallest absolute Gasteiger partial charge is 0.350 e. The highest BCUT2D eigenvalue weighted by Gasteiger charge is 2.71. The lowest BCUT2D eigenvalue weighted by Gasteiger charge is -2.62. The van der Waals surface area contributed by atoms with Gasteiger partial charge in [-0.1, -0.05) is 83.1 Å². The molecule has 5 aliphatic heterocycles. The molecule has 29 nitrogen and oxygen atoms in total. The third-order valence-corrected chi connectivity index (χ3v) is 40.1. The molecule has 5 saturated heterocycles. The number of aliphatic carboxylic acids is 1. The van der Waals surface area contributed by atoms with Crippen LogP contribution in [0.1, 0.15) is 411 Å². The van der Waals surface area contributed by atoms with Crippen LogP contribution in [-0.2, 0) is 114 Å². The third-order valence-electron chi connectivity index (χ3n) is 40.1. The molecule has 23 atom stereocenters. The van der Waals surface area contributed by atoms with Gasteiger partial charge in [0.15, 0.2) is 24.3 Å². The van der Waals surface area contributed by atoms with E-state index in [-0.39, 0.29) is 147 Å². The van der Waals surface area contributed by atoms with Gasteiger partial charge in [0.2, 0.25) is 6.10 Å². The highest BCUT2D eigenvalue weighted by atomic mass is 16.9. The summed E-state index contributed by atoms with van der Waals surface area (Å²) in [6.45, 7) is 50.4. The molecular weight excluding hydrogens is 1850 g/mol. The number of carboxylic acids is 1. The van der Waals surface area contributed by atoms with Gasteiger partial charge in [-0.05, 0) is 337 Å². The molecule has 0 radical (unpaired) electrons. The number of hydrogen-bond acceptors (Lipinski definition) is 28. The van der Waals surface area contributed by atoms with E-state index in [0.717, 1.165) is 138 Å². The minimum Gasteiger partial charge on any atom is -0.481 e. The summed E-state index contributed by atoms with van der Waals surface area (Å²) < 4.78 is 73.3. The second-order valence-corrected chi connectivity index (χ2v) is 54.2. The van der Waals surface area contributed by atoms with Crippen molar-refractivity contribution in [3.8, 4) is 0 Å². The average Bonchev–Trinajstić information content (AvgIpc) is 0.875. The third kappa shape index (κ3) is 23.3. The number of rotatable bonds is 25. The zero-order chi connectivity index (χ0) is 106. The summed E-state index contributed by atoms with van der Waals surface area (Å²) in [5.41, 5.74) is -6.77. The van der Waals surface area contributed by atoms with Gasteiger partial charge in [-0.25, -0.2) is 4.79 Å². The molecule has 5 heterocycles. The summed E-state index contributed by atoms with van der Waals surface area (Å²) in [6, 6.07) is 0. The topological polar surface area (TPSA) is 409 Å². The van der Waals surface area contributed by atoms with Gasteiger partial charge in [-0.2, -0.15) is 0 Å². The molecule has 0 spiro atoms. The van der Waals surface area contributed by atoms with Crippen LogP contribution in [0.2, 0.25) is 0 Å².